The van der Waals surface area contributed by atoms with Gasteiger partial charge in [0.05, 0.1) is 16.7 Å². The van der Waals surface area contributed by atoms with Crippen molar-refractivity contribution in [2.75, 3.05) is 11.9 Å². The van der Waals surface area contributed by atoms with Gasteiger partial charge in [0.1, 0.15) is 24.0 Å². The molecule has 3 aromatic carbocycles. The number of rotatable bonds is 8. The smallest absolute Gasteiger partial charge is 0.266 e. The molecule has 1 amide bonds. The first-order valence-corrected chi connectivity index (χ1v) is 10.6. The van der Waals surface area contributed by atoms with Gasteiger partial charge >= 0.3 is 0 Å². The minimum atomic E-state index is -0.549. The number of amides is 1. The van der Waals surface area contributed by atoms with Gasteiger partial charge in [-0.25, -0.2) is 0 Å². The molecule has 5 nitrogen and oxygen atoms in total. The lowest BCUT2D eigenvalue weighted by molar-refractivity contribution is -0.112. The number of benzene rings is 3. The Morgan fingerprint density at radius 3 is 2.28 bits per heavy atom. The minimum absolute atomic E-state index is 0.0919. The van der Waals surface area contributed by atoms with Crippen molar-refractivity contribution in [3.05, 3.63) is 93.5 Å². The highest BCUT2D eigenvalue weighted by Gasteiger charge is 2.13. The zero-order valence-electron chi connectivity index (χ0n) is 17.3. The molecule has 0 radical (unpaired) electrons. The van der Waals surface area contributed by atoms with Crippen LogP contribution in [0.25, 0.3) is 6.08 Å². The van der Waals surface area contributed by atoms with Crippen LogP contribution in [-0.4, -0.2) is 12.5 Å². The molecule has 0 unspecified atom stereocenters. The van der Waals surface area contributed by atoms with Crippen molar-refractivity contribution in [2.45, 2.75) is 13.5 Å². The molecule has 1 N–H and O–H groups in total. The van der Waals surface area contributed by atoms with Crippen LogP contribution in [0.5, 0.6) is 11.5 Å². The van der Waals surface area contributed by atoms with Gasteiger partial charge in [-0.15, -0.1) is 0 Å². The van der Waals surface area contributed by atoms with Crippen LogP contribution in [0.4, 0.5) is 5.69 Å². The van der Waals surface area contributed by atoms with E-state index in [0.717, 1.165) is 5.56 Å². The highest BCUT2D eigenvalue weighted by molar-refractivity contribution is 6.37. The molecule has 0 saturated carbocycles. The molecule has 0 aromatic heterocycles. The number of nitrogens with zero attached hydrogens (tertiary/aromatic N) is 1. The molecule has 162 valence electrons. The molecule has 7 heteroatoms. The topological polar surface area (TPSA) is 71.3 Å². The molecule has 0 aliphatic rings. The average Bonchev–Trinajstić information content (AvgIpc) is 2.80. The summed E-state index contributed by atoms with van der Waals surface area (Å²) >= 11 is 12.4. The lowest BCUT2D eigenvalue weighted by Crippen LogP contribution is -2.13. The predicted octanol–water partition coefficient (Wildman–Crippen LogP) is 6.52. The lowest BCUT2D eigenvalue weighted by Gasteiger charge is -2.10. The Bertz CT molecular complexity index is 1130. The van der Waals surface area contributed by atoms with Gasteiger partial charge in [-0.05, 0) is 60.5 Å². The normalized spacial score (nSPS) is 10.9. The maximum absolute atomic E-state index is 12.6. The number of anilines is 1. The van der Waals surface area contributed by atoms with E-state index in [1.807, 2.05) is 43.3 Å². The van der Waals surface area contributed by atoms with Gasteiger partial charge in [0.15, 0.2) is 5.75 Å². The van der Waals surface area contributed by atoms with Gasteiger partial charge in [0.2, 0.25) is 0 Å². The molecule has 0 spiro atoms. The van der Waals surface area contributed by atoms with E-state index in [9.17, 15) is 10.1 Å². The van der Waals surface area contributed by atoms with E-state index in [4.69, 9.17) is 32.7 Å². The molecule has 0 aliphatic heterocycles. The largest absolute Gasteiger partial charge is 0.491 e. The van der Waals surface area contributed by atoms with E-state index >= 15 is 0 Å². The quantitative estimate of drug-likeness (QED) is 0.303. The zero-order chi connectivity index (χ0) is 22.9. The second kappa shape index (κ2) is 11.2. The van der Waals surface area contributed by atoms with E-state index < -0.39 is 5.91 Å². The summed E-state index contributed by atoms with van der Waals surface area (Å²) in [6.07, 6.45) is 1.42. The fraction of sp³-hybridized carbons (Fsp3) is 0.120. The summed E-state index contributed by atoms with van der Waals surface area (Å²) in [5, 5.41) is 12.7. The standard InChI is InChI=1S/C25H20Cl2N2O3/c1-2-31-24-22(26)13-18(14-23(24)27)12-19(15-28)25(30)29-20-8-10-21(11-9-20)32-16-17-6-4-3-5-7-17/h3-14H,2,16H2,1H3,(H,29,30)/b19-12+. The first-order valence-electron chi connectivity index (χ1n) is 9.82. The highest BCUT2D eigenvalue weighted by atomic mass is 35.5. The van der Waals surface area contributed by atoms with Crippen molar-refractivity contribution in [2.24, 2.45) is 0 Å². The van der Waals surface area contributed by atoms with E-state index in [2.05, 4.69) is 5.32 Å². The van der Waals surface area contributed by atoms with E-state index in [1.165, 1.54) is 6.08 Å². The molecule has 0 aliphatic carbocycles. The maximum atomic E-state index is 12.6. The summed E-state index contributed by atoms with van der Waals surface area (Å²) < 4.78 is 11.1. The lowest BCUT2D eigenvalue weighted by atomic mass is 10.1. The second-order valence-corrected chi connectivity index (χ2v) is 7.48. The van der Waals surface area contributed by atoms with E-state index in [-0.39, 0.29) is 5.57 Å². The van der Waals surface area contributed by atoms with Gasteiger partial charge in [0, 0.05) is 5.69 Å². The van der Waals surface area contributed by atoms with Crippen LogP contribution < -0.4 is 14.8 Å². The highest BCUT2D eigenvalue weighted by Crippen LogP contribution is 2.34. The first-order chi connectivity index (χ1) is 15.5. The van der Waals surface area contributed by atoms with Crippen LogP contribution in [0.15, 0.2) is 72.3 Å². The Labute approximate surface area is 196 Å². The summed E-state index contributed by atoms with van der Waals surface area (Å²) in [5.41, 5.74) is 2.01. The number of ether oxygens (including phenoxy) is 2. The first kappa shape index (κ1) is 23.2. The third-order valence-corrected chi connectivity index (χ3v) is 4.91. The van der Waals surface area contributed by atoms with Gasteiger partial charge in [-0.1, -0.05) is 53.5 Å². The Morgan fingerprint density at radius 2 is 1.69 bits per heavy atom. The Morgan fingerprint density at radius 1 is 1.03 bits per heavy atom. The fourth-order valence-electron chi connectivity index (χ4n) is 2.83. The summed E-state index contributed by atoms with van der Waals surface area (Å²) in [5.74, 6) is 0.485. The second-order valence-electron chi connectivity index (χ2n) is 6.67. The van der Waals surface area contributed by atoms with E-state index in [1.54, 1.807) is 36.4 Å². The van der Waals surface area contributed by atoms with E-state index in [0.29, 0.717) is 46.0 Å². The summed E-state index contributed by atoms with van der Waals surface area (Å²) in [7, 11) is 0. The molecular weight excluding hydrogens is 447 g/mol. The van der Waals surface area contributed by atoms with Gasteiger partial charge in [0.25, 0.3) is 5.91 Å². The summed E-state index contributed by atoms with van der Waals surface area (Å²) in [6, 6.07) is 21.8. The third-order valence-electron chi connectivity index (χ3n) is 4.35. The summed E-state index contributed by atoms with van der Waals surface area (Å²) in [6.45, 7) is 2.68. The molecule has 0 atom stereocenters. The monoisotopic (exact) mass is 466 g/mol. The third kappa shape index (κ3) is 6.27. The number of hydrogen-bond donors (Lipinski definition) is 1. The van der Waals surface area contributed by atoms with Crippen LogP contribution in [0, 0.1) is 11.3 Å². The number of hydrogen-bond acceptors (Lipinski definition) is 4. The van der Waals surface area contributed by atoms with Crippen LogP contribution in [0.2, 0.25) is 10.0 Å². The van der Waals surface area contributed by atoms with Gasteiger partial charge in [-0.3, -0.25) is 4.79 Å². The van der Waals surface area contributed by atoms with Crippen LogP contribution >= 0.6 is 23.2 Å². The average molecular weight is 467 g/mol. The Balaban J connectivity index is 1.66. The Kier molecular flexibility index (Phi) is 8.15. The molecular formula is C25H20Cl2N2O3. The van der Waals surface area contributed by atoms with Crippen LogP contribution in [0.3, 0.4) is 0 Å². The van der Waals surface area contributed by atoms with Crippen LogP contribution in [0.1, 0.15) is 18.1 Å². The molecule has 3 rings (SSSR count). The number of carbonyl (C=O) groups excluding carboxylic acids is 1. The Hall–Kier alpha value is -3.46. The number of halogens is 2. The number of carbonyl (C=O) groups is 1. The van der Waals surface area contributed by atoms with Crippen molar-refractivity contribution in [1.82, 2.24) is 0 Å². The van der Waals surface area contributed by atoms with Crippen molar-refractivity contribution in [3.8, 4) is 17.6 Å². The van der Waals surface area contributed by atoms with Crippen LogP contribution in [-0.2, 0) is 11.4 Å². The maximum Gasteiger partial charge on any atom is 0.266 e. The SMILES string of the molecule is CCOc1c(Cl)cc(/C=C(\C#N)C(=O)Nc2ccc(OCc3ccccc3)cc2)cc1Cl. The van der Waals surface area contributed by atoms with Gasteiger partial charge < -0.3 is 14.8 Å². The molecule has 3 aromatic rings. The molecule has 0 bridgehead atoms. The predicted molar refractivity (Wildman–Crippen MR) is 127 cm³/mol. The van der Waals surface area contributed by atoms with Crippen molar-refractivity contribution >= 4 is 40.9 Å². The molecule has 32 heavy (non-hydrogen) atoms. The number of nitrogens with one attached hydrogen (secondary N) is 1. The zero-order valence-corrected chi connectivity index (χ0v) is 18.8. The number of nitriles is 1. The fourth-order valence-corrected chi connectivity index (χ4v) is 3.45. The minimum Gasteiger partial charge on any atom is -0.491 e. The van der Waals surface area contributed by atoms with Gasteiger partial charge in [-0.2, -0.15) is 5.26 Å². The van der Waals surface area contributed by atoms with Crippen molar-refractivity contribution in [1.29, 1.82) is 5.26 Å². The van der Waals surface area contributed by atoms with Crippen molar-refractivity contribution < 1.29 is 14.3 Å². The summed E-state index contributed by atoms with van der Waals surface area (Å²) in [4.78, 5) is 12.6. The molecule has 0 saturated heterocycles. The molecule has 0 heterocycles. The molecule has 0 fully saturated rings. The van der Waals surface area contributed by atoms with Crippen molar-refractivity contribution in [3.63, 3.8) is 0 Å².